The maximum absolute atomic E-state index is 5.73. The normalized spacial score (nSPS) is 10.9. The second-order valence-corrected chi connectivity index (χ2v) is 5.22. The summed E-state index contributed by atoms with van der Waals surface area (Å²) in [5.41, 5.74) is 0. The second kappa shape index (κ2) is 15.5. The number of nitrogens with zero attached hydrogens (tertiary/aromatic N) is 2. The van der Waals surface area contributed by atoms with Crippen LogP contribution in [-0.2, 0) is 4.74 Å². The fourth-order valence-corrected chi connectivity index (χ4v) is 2.04. The lowest BCUT2D eigenvalue weighted by Crippen LogP contribution is -2.41. The fourth-order valence-electron chi connectivity index (χ4n) is 2.04. The minimum atomic E-state index is 0. The summed E-state index contributed by atoms with van der Waals surface area (Å²) in [6, 6.07) is 9.88. The molecule has 1 aromatic carbocycles. The second-order valence-electron chi connectivity index (χ2n) is 5.22. The molecule has 0 radical (unpaired) electrons. The lowest BCUT2D eigenvalue weighted by atomic mass is 10.3. The maximum atomic E-state index is 5.73. The van der Waals surface area contributed by atoms with E-state index in [2.05, 4.69) is 22.1 Å². The summed E-state index contributed by atoms with van der Waals surface area (Å²) < 4.78 is 11.1. The number of para-hydroxylation sites is 1. The lowest BCUT2D eigenvalue weighted by molar-refractivity contribution is 0.144. The molecule has 24 heavy (non-hydrogen) atoms. The van der Waals surface area contributed by atoms with Crippen molar-refractivity contribution in [1.82, 2.24) is 10.2 Å². The first-order valence-corrected chi connectivity index (χ1v) is 8.53. The van der Waals surface area contributed by atoms with Gasteiger partial charge in [0.25, 0.3) is 0 Å². The van der Waals surface area contributed by atoms with Crippen LogP contribution in [0.3, 0.4) is 0 Å². The van der Waals surface area contributed by atoms with Gasteiger partial charge in [-0.3, -0.25) is 4.99 Å². The van der Waals surface area contributed by atoms with Crippen molar-refractivity contribution in [2.45, 2.75) is 26.7 Å². The molecule has 1 aromatic rings. The first-order chi connectivity index (χ1) is 11.3. The van der Waals surface area contributed by atoms with E-state index in [0.717, 1.165) is 57.4 Å². The highest BCUT2D eigenvalue weighted by Gasteiger charge is 2.05. The van der Waals surface area contributed by atoms with Gasteiger partial charge in [0.1, 0.15) is 12.4 Å². The van der Waals surface area contributed by atoms with Crippen LogP contribution in [0.4, 0.5) is 0 Å². The Kier molecular flexibility index (Phi) is 14.8. The molecule has 1 N–H and O–H groups in total. The van der Waals surface area contributed by atoms with E-state index in [0.29, 0.717) is 6.61 Å². The number of benzene rings is 1. The van der Waals surface area contributed by atoms with E-state index in [-0.39, 0.29) is 24.0 Å². The third kappa shape index (κ3) is 10.7. The highest BCUT2D eigenvalue weighted by Crippen LogP contribution is 2.07. The van der Waals surface area contributed by atoms with Gasteiger partial charge in [-0.2, -0.15) is 0 Å². The van der Waals surface area contributed by atoms with Gasteiger partial charge < -0.3 is 19.7 Å². The molecule has 0 saturated carbocycles. The van der Waals surface area contributed by atoms with Crippen LogP contribution < -0.4 is 10.1 Å². The van der Waals surface area contributed by atoms with Crippen molar-refractivity contribution in [2.75, 3.05) is 46.5 Å². The minimum Gasteiger partial charge on any atom is -0.492 e. The number of aliphatic imine (C=N–C) groups is 1. The average molecular weight is 449 g/mol. The van der Waals surface area contributed by atoms with E-state index in [9.17, 15) is 0 Å². The number of rotatable bonds is 11. The highest BCUT2D eigenvalue weighted by molar-refractivity contribution is 14.0. The van der Waals surface area contributed by atoms with Gasteiger partial charge in [-0.05, 0) is 38.8 Å². The van der Waals surface area contributed by atoms with Crippen LogP contribution >= 0.6 is 24.0 Å². The zero-order chi connectivity index (χ0) is 16.8. The molecule has 0 aliphatic rings. The minimum absolute atomic E-state index is 0. The van der Waals surface area contributed by atoms with Crippen LogP contribution in [0.5, 0.6) is 5.75 Å². The molecule has 5 nitrogen and oxygen atoms in total. The maximum Gasteiger partial charge on any atom is 0.193 e. The zero-order valence-corrected chi connectivity index (χ0v) is 17.5. The highest BCUT2D eigenvalue weighted by atomic mass is 127. The van der Waals surface area contributed by atoms with Crippen LogP contribution in [0, 0.1) is 0 Å². The number of hydrogen-bond donors (Lipinski definition) is 1. The number of nitrogens with one attached hydrogen (secondary N) is 1. The first kappa shape index (κ1) is 23.0. The summed E-state index contributed by atoms with van der Waals surface area (Å²) in [7, 11) is 2.04. The molecule has 0 heterocycles. The largest absolute Gasteiger partial charge is 0.492 e. The molecular formula is C18H32IN3O2. The van der Waals surface area contributed by atoms with Crippen LogP contribution in [0.1, 0.15) is 26.7 Å². The number of hydrogen-bond acceptors (Lipinski definition) is 3. The first-order valence-electron chi connectivity index (χ1n) is 8.53. The molecule has 0 aromatic heterocycles. The van der Waals surface area contributed by atoms with Gasteiger partial charge in [0.15, 0.2) is 5.96 Å². The summed E-state index contributed by atoms with van der Waals surface area (Å²) in [4.78, 5) is 6.76. The van der Waals surface area contributed by atoms with Crippen LogP contribution in [0.15, 0.2) is 35.3 Å². The molecule has 0 atom stereocenters. The third-order valence-corrected chi connectivity index (χ3v) is 3.30. The average Bonchev–Trinajstić information content (AvgIpc) is 2.58. The summed E-state index contributed by atoms with van der Waals surface area (Å²) in [5.74, 6) is 1.83. The Balaban J connectivity index is 0.00000529. The van der Waals surface area contributed by atoms with Crippen LogP contribution in [0.2, 0.25) is 0 Å². The van der Waals surface area contributed by atoms with E-state index in [4.69, 9.17) is 9.47 Å². The molecule has 0 saturated heterocycles. The Morgan fingerprint density at radius 1 is 1.12 bits per heavy atom. The van der Waals surface area contributed by atoms with Crippen molar-refractivity contribution in [3.8, 4) is 5.75 Å². The SMILES string of the molecule is CCNC(=NCCCCOCC)N(C)CCOc1ccccc1.I. The van der Waals surface area contributed by atoms with Crippen molar-refractivity contribution in [1.29, 1.82) is 0 Å². The molecular weight excluding hydrogens is 417 g/mol. The van der Waals surface area contributed by atoms with Crippen LogP contribution in [0.25, 0.3) is 0 Å². The number of ether oxygens (including phenoxy) is 2. The van der Waals surface area contributed by atoms with Crippen molar-refractivity contribution in [2.24, 2.45) is 4.99 Å². The molecule has 0 spiro atoms. The van der Waals surface area contributed by atoms with Crippen molar-refractivity contribution < 1.29 is 9.47 Å². The van der Waals surface area contributed by atoms with Gasteiger partial charge >= 0.3 is 0 Å². The van der Waals surface area contributed by atoms with Crippen LogP contribution in [-0.4, -0.2) is 57.4 Å². The number of guanidine groups is 1. The quantitative estimate of drug-likeness (QED) is 0.244. The molecule has 0 fully saturated rings. The molecule has 138 valence electrons. The topological polar surface area (TPSA) is 46.1 Å². The lowest BCUT2D eigenvalue weighted by Gasteiger charge is -2.22. The summed E-state index contributed by atoms with van der Waals surface area (Å²) in [6.45, 7) is 8.82. The van der Waals surface area contributed by atoms with Gasteiger partial charge in [0.05, 0.1) is 6.54 Å². The van der Waals surface area contributed by atoms with E-state index in [1.807, 2.05) is 44.3 Å². The molecule has 0 unspecified atom stereocenters. The molecule has 0 bridgehead atoms. The van der Waals surface area contributed by atoms with E-state index in [1.165, 1.54) is 0 Å². The predicted octanol–water partition coefficient (Wildman–Crippen LogP) is 3.40. The third-order valence-electron chi connectivity index (χ3n) is 3.30. The molecule has 6 heteroatoms. The van der Waals surface area contributed by atoms with Gasteiger partial charge in [-0.1, -0.05) is 18.2 Å². The Bertz CT molecular complexity index is 430. The molecule has 0 aliphatic carbocycles. The predicted molar refractivity (Wildman–Crippen MR) is 112 cm³/mol. The van der Waals surface area contributed by atoms with Gasteiger partial charge in [-0.15, -0.1) is 24.0 Å². The van der Waals surface area contributed by atoms with E-state index >= 15 is 0 Å². The summed E-state index contributed by atoms with van der Waals surface area (Å²) >= 11 is 0. The molecule has 0 aliphatic heterocycles. The summed E-state index contributed by atoms with van der Waals surface area (Å²) in [5, 5.41) is 3.32. The number of likely N-dealkylation sites (N-methyl/N-ethyl adjacent to an activating group) is 1. The molecule has 1 rings (SSSR count). The van der Waals surface area contributed by atoms with E-state index in [1.54, 1.807) is 0 Å². The number of unbranched alkanes of at least 4 members (excludes halogenated alkanes) is 1. The fraction of sp³-hybridized carbons (Fsp3) is 0.611. The standard InChI is InChI=1S/C18H31N3O2.HI/c1-4-19-18(20-13-9-10-15-22-5-2)21(3)14-16-23-17-11-7-6-8-12-17;/h6-8,11-12H,4-5,9-10,13-16H2,1-3H3,(H,19,20);1H. The Morgan fingerprint density at radius 3 is 2.54 bits per heavy atom. The molecule has 0 amide bonds. The van der Waals surface area contributed by atoms with Gasteiger partial charge in [0.2, 0.25) is 0 Å². The Labute approximate surface area is 163 Å². The van der Waals surface area contributed by atoms with Gasteiger partial charge in [0, 0.05) is 33.4 Å². The number of halogens is 1. The zero-order valence-electron chi connectivity index (χ0n) is 15.2. The monoisotopic (exact) mass is 449 g/mol. The van der Waals surface area contributed by atoms with Crippen molar-refractivity contribution in [3.63, 3.8) is 0 Å². The Morgan fingerprint density at radius 2 is 1.88 bits per heavy atom. The van der Waals surface area contributed by atoms with E-state index < -0.39 is 0 Å². The Hall–Kier alpha value is -1.02. The van der Waals surface area contributed by atoms with Crippen molar-refractivity contribution >= 4 is 29.9 Å². The van der Waals surface area contributed by atoms with Gasteiger partial charge in [-0.25, -0.2) is 0 Å². The van der Waals surface area contributed by atoms with Crippen molar-refractivity contribution in [3.05, 3.63) is 30.3 Å². The summed E-state index contributed by atoms with van der Waals surface area (Å²) in [6.07, 6.45) is 2.10. The smallest absolute Gasteiger partial charge is 0.193 e.